The van der Waals surface area contributed by atoms with Crippen molar-refractivity contribution in [2.24, 2.45) is 30.2 Å². The summed E-state index contributed by atoms with van der Waals surface area (Å²) in [7, 11) is 1.64. The van der Waals surface area contributed by atoms with E-state index in [9.17, 15) is 19.7 Å². The third-order valence-corrected chi connectivity index (χ3v) is 8.44. The summed E-state index contributed by atoms with van der Waals surface area (Å²) in [5.74, 6) is 1.19. The van der Waals surface area contributed by atoms with Crippen LogP contribution < -0.4 is 5.32 Å². The van der Waals surface area contributed by atoms with E-state index in [0.29, 0.717) is 16.6 Å². The molecule has 4 aliphatic rings. The maximum Gasteiger partial charge on any atom is 0.340 e. The van der Waals surface area contributed by atoms with Crippen molar-refractivity contribution in [2.45, 2.75) is 48.6 Å². The van der Waals surface area contributed by atoms with Crippen LogP contribution in [0.25, 0.3) is 0 Å². The summed E-state index contributed by atoms with van der Waals surface area (Å²) in [6.45, 7) is 0.174. The van der Waals surface area contributed by atoms with Gasteiger partial charge < -0.3 is 10.1 Å². The topological polar surface area (TPSA) is 142 Å². The number of ether oxygens (including phenoxy) is 1. The smallest absolute Gasteiger partial charge is 0.340 e. The van der Waals surface area contributed by atoms with Gasteiger partial charge in [0.15, 0.2) is 6.61 Å². The van der Waals surface area contributed by atoms with Gasteiger partial charge in [-0.1, -0.05) is 0 Å². The number of nitrogens with one attached hydrogen (secondary N) is 1. The normalized spacial score (nSPS) is 26.9. The van der Waals surface area contributed by atoms with E-state index in [2.05, 4.69) is 20.8 Å². The van der Waals surface area contributed by atoms with Gasteiger partial charge in [0.2, 0.25) is 5.16 Å². The molecule has 1 heterocycles. The SMILES string of the molecule is Cn1nnnc1Sc1ccc([N+](=O)[O-])cc1C(=O)OCC(=O)NCC12CC3CC(CC(C3)C1)C2. The molecule has 6 rings (SSSR count). The lowest BCUT2D eigenvalue weighted by atomic mass is 9.49. The van der Waals surface area contributed by atoms with Crippen LogP contribution in [-0.2, 0) is 16.6 Å². The highest BCUT2D eigenvalue weighted by molar-refractivity contribution is 7.99. The third kappa shape index (κ3) is 4.63. The molecule has 1 amide bonds. The van der Waals surface area contributed by atoms with Gasteiger partial charge in [0.05, 0.1) is 10.5 Å². The summed E-state index contributed by atoms with van der Waals surface area (Å²) < 4.78 is 6.66. The Bertz CT molecular complexity index is 1100. The number of nitrogens with zero attached hydrogens (tertiary/aromatic N) is 5. The molecule has 0 radical (unpaired) electrons. The van der Waals surface area contributed by atoms with Crippen LogP contribution in [0.3, 0.4) is 0 Å². The van der Waals surface area contributed by atoms with Gasteiger partial charge in [0.1, 0.15) is 0 Å². The van der Waals surface area contributed by atoms with Crippen LogP contribution in [0.2, 0.25) is 0 Å². The van der Waals surface area contributed by atoms with E-state index in [4.69, 9.17) is 4.74 Å². The predicted octanol–water partition coefficient (Wildman–Crippen LogP) is 2.76. The average molecular weight is 487 g/mol. The van der Waals surface area contributed by atoms with Gasteiger partial charge in [-0.15, -0.1) is 5.10 Å². The number of nitro benzene ring substituents is 1. The number of aryl methyl sites for hydroxylation is 1. The highest BCUT2D eigenvalue weighted by Crippen LogP contribution is 2.59. The van der Waals surface area contributed by atoms with Gasteiger partial charge in [0, 0.05) is 30.6 Å². The Morgan fingerprint density at radius 2 is 1.91 bits per heavy atom. The number of esters is 1. The van der Waals surface area contributed by atoms with Crippen molar-refractivity contribution in [3.8, 4) is 0 Å². The molecule has 4 saturated carbocycles. The van der Waals surface area contributed by atoms with Crippen LogP contribution in [0.5, 0.6) is 0 Å². The number of rotatable bonds is 8. The molecular weight excluding hydrogens is 460 g/mol. The van der Waals surface area contributed by atoms with Crippen molar-refractivity contribution in [2.75, 3.05) is 13.2 Å². The molecule has 4 fully saturated rings. The van der Waals surface area contributed by atoms with Crippen molar-refractivity contribution >= 4 is 29.3 Å². The highest BCUT2D eigenvalue weighted by atomic mass is 32.2. The van der Waals surface area contributed by atoms with Gasteiger partial charge in [-0.05, 0) is 89.9 Å². The van der Waals surface area contributed by atoms with E-state index in [1.807, 2.05) is 0 Å². The summed E-state index contributed by atoms with van der Waals surface area (Å²) >= 11 is 1.08. The quantitative estimate of drug-likeness (QED) is 0.338. The van der Waals surface area contributed by atoms with Crippen molar-refractivity contribution in [3.63, 3.8) is 0 Å². The first-order valence-corrected chi connectivity index (χ1v) is 12.2. The maximum atomic E-state index is 12.8. The van der Waals surface area contributed by atoms with Crippen LogP contribution in [-0.4, -0.2) is 50.2 Å². The van der Waals surface area contributed by atoms with E-state index in [1.165, 1.54) is 55.3 Å². The Morgan fingerprint density at radius 1 is 1.24 bits per heavy atom. The van der Waals surface area contributed by atoms with Crippen LogP contribution in [0, 0.1) is 33.3 Å². The minimum atomic E-state index is -0.814. The summed E-state index contributed by atoms with van der Waals surface area (Å²) in [5, 5.41) is 25.7. The Morgan fingerprint density at radius 3 is 2.50 bits per heavy atom. The second-order valence-electron chi connectivity index (χ2n) is 9.90. The molecule has 2 aromatic rings. The number of carbonyl (C=O) groups excluding carboxylic acids is 2. The molecule has 180 valence electrons. The average Bonchev–Trinajstić information content (AvgIpc) is 3.19. The van der Waals surface area contributed by atoms with Crippen molar-refractivity contribution in [1.82, 2.24) is 25.5 Å². The largest absolute Gasteiger partial charge is 0.452 e. The lowest BCUT2D eigenvalue weighted by Crippen LogP contribution is -2.51. The molecule has 1 aromatic carbocycles. The minimum Gasteiger partial charge on any atom is -0.452 e. The number of nitro groups is 1. The Hall–Kier alpha value is -3.02. The number of hydrogen-bond acceptors (Lipinski definition) is 9. The second-order valence-corrected chi connectivity index (χ2v) is 10.9. The predicted molar refractivity (Wildman–Crippen MR) is 120 cm³/mol. The molecule has 0 spiro atoms. The molecule has 0 atom stereocenters. The number of amides is 1. The first-order chi connectivity index (χ1) is 16.3. The lowest BCUT2D eigenvalue weighted by Gasteiger charge is -2.56. The highest BCUT2D eigenvalue weighted by Gasteiger charge is 2.50. The standard InChI is InChI=1S/C22H26N6O5S/c1-27-21(24-25-26-27)34-18-3-2-16(28(31)32)7-17(18)20(30)33-11-19(29)23-12-22-8-13-4-14(9-22)6-15(5-13)10-22/h2-3,7,13-15H,4-6,8-12H2,1H3,(H,23,29). The first kappa shape index (κ1) is 22.8. The Kier molecular flexibility index (Phi) is 6.00. The molecule has 4 bridgehead atoms. The van der Waals surface area contributed by atoms with Gasteiger partial charge in [0.25, 0.3) is 11.6 Å². The molecule has 0 saturated heterocycles. The monoisotopic (exact) mass is 486 g/mol. The fourth-order valence-corrected chi connectivity index (χ4v) is 7.17. The van der Waals surface area contributed by atoms with Gasteiger partial charge in [-0.25, -0.2) is 9.48 Å². The molecule has 0 aliphatic heterocycles. The van der Waals surface area contributed by atoms with E-state index < -0.39 is 17.5 Å². The third-order valence-electron chi connectivity index (χ3n) is 7.34. The number of aromatic nitrogens is 4. The van der Waals surface area contributed by atoms with Crippen LogP contribution in [0.1, 0.15) is 48.9 Å². The van der Waals surface area contributed by atoms with Crippen molar-refractivity contribution in [1.29, 1.82) is 0 Å². The number of hydrogen-bond donors (Lipinski definition) is 1. The van der Waals surface area contributed by atoms with Crippen LogP contribution >= 0.6 is 11.8 Å². The van der Waals surface area contributed by atoms with Gasteiger partial charge in [-0.2, -0.15) is 0 Å². The number of carbonyl (C=O) groups is 2. The molecule has 1 aromatic heterocycles. The fourth-order valence-electron chi connectivity index (χ4n) is 6.34. The molecule has 4 aliphatic carbocycles. The number of tetrazole rings is 1. The van der Waals surface area contributed by atoms with E-state index >= 15 is 0 Å². The molecular formula is C22H26N6O5S. The zero-order valence-corrected chi connectivity index (χ0v) is 19.6. The molecule has 34 heavy (non-hydrogen) atoms. The van der Waals surface area contributed by atoms with Gasteiger partial charge >= 0.3 is 5.97 Å². The van der Waals surface area contributed by atoms with Crippen molar-refractivity contribution < 1.29 is 19.2 Å². The molecule has 12 heteroatoms. The van der Waals surface area contributed by atoms with E-state index in [-0.39, 0.29) is 22.6 Å². The molecule has 0 unspecified atom stereocenters. The Labute approximate surface area is 200 Å². The summed E-state index contributed by atoms with van der Waals surface area (Å²) in [5.41, 5.74) is -0.0858. The van der Waals surface area contributed by atoms with E-state index in [0.717, 1.165) is 35.6 Å². The Balaban J connectivity index is 1.21. The summed E-state index contributed by atoms with van der Waals surface area (Å²) in [4.78, 5) is 36.3. The van der Waals surface area contributed by atoms with Crippen LogP contribution in [0.15, 0.2) is 28.3 Å². The second kappa shape index (κ2) is 8.97. The number of benzene rings is 1. The lowest BCUT2D eigenvalue weighted by molar-refractivity contribution is -0.384. The van der Waals surface area contributed by atoms with Gasteiger partial charge in [-0.3, -0.25) is 14.9 Å². The zero-order valence-electron chi connectivity index (χ0n) is 18.8. The summed E-state index contributed by atoms with van der Waals surface area (Å²) in [6, 6.07) is 3.88. The number of non-ortho nitro benzene ring substituents is 1. The van der Waals surface area contributed by atoms with E-state index in [1.54, 1.807) is 7.05 Å². The van der Waals surface area contributed by atoms with Crippen molar-refractivity contribution in [3.05, 3.63) is 33.9 Å². The minimum absolute atomic E-state index is 0.0175. The zero-order chi connectivity index (χ0) is 23.9. The molecule has 1 N–H and O–H groups in total. The van der Waals surface area contributed by atoms with Crippen LogP contribution in [0.4, 0.5) is 5.69 Å². The molecule has 11 nitrogen and oxygen atoms in total. The first-order valence-electron chi connectivity index (χ1n) is 11.4. The maximum absolute atomic E-state index is 12.8. The fraction of sp³-hybridized carbons (Fsp3) is 0.591. The summed E-state index contributed by atoms with van der Waals surface area (Å²) in [6.07, 6.45) is 7.51.